The van der Waals surface area contributed by atoms with Crippen LogP contribution in [-0.4, -0.2) is 12.6 Å². The van der Waals surface area contributed by atoms with E-state index in [1.807, 2.05) is 36.4 Å². The number of rotatable bonds is 6. The first kappa shape index (κ1) is 18.9. The second kappa shape index (κ2) is 9.74. The predicted molar refractivity (Wildman–Crippen MR) is 93.4 cm³/mol. The van der Waals surface area contributed by atoms with Gasteiger partial charge in [0.2, 0.25) is 0 Å². The summed E-state index contributed by atoms with van der Waals surface area (Å²) >= 11 is 0. The zero-order valence-corrected chi connectivity index (χ0v) is 15.4. The van der Waals surface area contributed by atoms with Crippen LogP contribution in [0.5, 0.6) is 0 Å². The molecule has 0 atom stereocenters. The highest BCUT2D eigenvalue weighted by atomic mass is 79.9. The Kier molecular flexibility index (Phi) is 7.36. The maximum absolute atomic E-state index is 11.8. The van der Waals surface area contributed by atoms with Gasteiger partial charge in [-0.15, -0.1) is 0 Å². The van der Waals surface area contributed by atoms with Crippen molar-refractivity contribution in [1.29, 1.82) is 0 Å². The first-order valence-corrected chi connectivity index (χ1v) is 8.09. The summed E-state index contributed by atoms with van der Waals surface area (Å²) in [7, 11) is 0. The van der Waals surface area contributed by atoms with Crippen LogP contribution in [0, 0.1) is 0 Å². The zero-order chi connectivity index (χ0) is 16.6. The lowest BCUT2D eigenvalue weighted by atomic mass is 10.1. The molecule has 0 spiro atoms. The van der Waals surface area contributed by atoms with Gasteiger partial charge in [0.1, 0.15) is 0 Å². The van der Waals surface area contributed by atoms with Crippen molar-refractivity contribution in [3.05, 3.63) is 90.8 Å². The number of aromatic nitrogens is 1. The smallest absolute Gasteiger partial charge is 0.338 e. The summed E-state index contributed by atoms with van der Waals surface area (Å²) in [6.45, 7) is 1.23. The number of nitrogens with zero attached hydrogens (tertiary/aromatic N) is 1. The van der Waals surface area contributed by atoms with Gasteiger partial charge in [0.15, 0.2) is 18.9 Å². The van der Waals surface area contributed by atoms with Gasteiger partial charge in [-0.3, -0.25) is 0 Å². The van der Waals surface area contributed by atoms with Gasteiger partial charge in [-0.2, -0.15) is 0 Å². The molecule has 1 heterocycles. The maximum Gasteiger partial charge on any atom is 0.338 e. The molecule has 4 heteroatoms. The molecule has 0 aliphatic rings. The lowest BCUT2D eigenvalue weighted by Gasteiger charge is -2.04. The third-order valence-corrected chi connectivity index (χ3v) is 3.80. The number of ether oxygens (including phenoxy) is 1. The van der Waals surface area contributed by atoms with E-state index in [1.165, 1.54) is 11.1 Å². The minimum absolute atomic E-state index is 0. The molecule has 0 fully saturated rings. The molecule has 1 aromatic heterocycles. The summed E-state index contributed by atoms with van der Waals surface area (Å²) < 4.78 is 7.39. The van der Waals surface area contributed by atoms with Gasteiger partial charge in [-0.25, -0.2) is 9.36 Å². The van der Waals surface area contributed by atoms with Crippen molar-refractivity contribution in [2.45, 2.75) is 13.0 Å². The molecule has 0 bridgehead atoms. The molecule has 25 heavy (non-hydrogen) atoms. The minimum Gasteiger partial charge on any atom is -1.00 e. The van der Waals surface area contributed by atoms with Gasteiger partial charge in [-0.05, 0) is 23.3 Å². The molecule has 0 amide bonds. The molecule has 0 saturated heterocycles. The van der Waals surface area contributed by atoms with Gasteiger partial charge in [0.25, 0.3) is 0 Å². The normalized spacial score (nSPS) is 9.92. The Morgan fingerprint density at radius 3 is 2.00 bits per heavy atom. The van der Waals surface area contributed by atoms with Crippen LogP contribution < -0.4 is 21.5 Å². The quantitative estimate of drug-likeness (QED) is 0.351. The summed E-state index contributed by atoms with van der Waals surface area (Å²) in [4.78, 5) is 11.8. The lowest BCUT2D eigenvalue weighted by Crippen LogP contribution is -3.00. The average Bonchev–Trinajstić information content (AvgIpc) is 2.67. The summed E-state index contributed by atoms with van der Waals surface area (Å²) in [6, 6.07) is 23.6. The summed E-state index contributed by atoms with van der Waals surface area (Å²) in [5, 5.41) is 0. The van der Waals surface area contributed by atoms with Crippen LogP contribution in [0.1, 0.15) is 16.8 Å². The number of halogens is 1. The van der Waals surface area contributed by atoms with Crippen LogP contribution in [0.3, 0.4) is 0 Å². The van der Waals surface area contributed by atoms with Crippen molar-refractivity contribution in [1.82, 2.24) is 0 Å². The molecule has 3 nitrogen and oxygen atoms in total. The van der Waals surface area contributed by atoms with Gasteiger partial charge in [-0.1, -0.05) is 48.5 Å². The number of hydrogen-bond donors (Lipinski definition) is 0. The predicted octanol–water partition coefficient (Wildman–Crippen LogP) is 0.892. The van der Waals surface area contributed by atoms with Crippen LogP contribution in [0.25, 0.3) is 11.1 Å². The molecule has 0 radical (unpaired) electrons. The molecule has 0 unspecified atom stereocenters. The zero-order valence-electron chi connectivity index (χ0n) is 13.8. The van der Waals surface area contributed by atoms with Gasteiger partial charge in [0.05, 0.1) is 12.2 Å². The standard InChI is InChI=1S/C21H20NO2.BrH/c23-21(20-10-5-2-6-11-20)24-17-7-14-22-15-12-19(13-16-22)18-8-3-1-4-9-18;/h1-6,8-13,15-16H,7,14,17H2;1H/q+1;/p-1. The molecule has 0 aliphatic carbocycles. The highest BCUT2D eigenvalue weighted by Gasteiger charge is 2.07. The van der Waals surface area contributed by atoms with Crippen molar-refractivity contribution in [3.63, 3.8) is 0 Å². The number of hydrogen-bond acceptors (Lipinski definition) is 2. The molecule has 0 N–H and O–H groups in total. The average molecular weight is 398 g/mol. The van der Waals surface area contributed by atoms with Crippen LogP contribution in [0.4, 0.5) is 0 Å². The maximum atomic E-state index is 11.8. The molecule has 3 aromatic rings. The number of carbonyl (C=O) groups excluding carboxylic acids is 1. The van der Waals surface area contributed by atoms with Crippen LogP contribution >= 0.6 is 0 Å². The Morgan fingerprint density at radius 1 is 0.800 bits per heavy atom. The molecular formula is C21H20BrNO2. The monoisotopic (exact) mass is 397 g/mol. The van der Waals surface area contributed by atoms with E-state index in [1.54, 1.807) is 12.1 Å². The number of benzene rings is 2. The second-order valence-corrected chi connectivity index (χ2v) is 5.55. The van der Waals surface area contributed by atoms with Crippen LogP contribution in [0.15, 0.2) is 85.2 Å². The van der Waals surface area contributed by atoms with Crippen molar-refractivity contribution >= 4 is 5.97 Å². The first-order valence-electron chi connectivity index (χ1n) is 8.09. The Bertz CT molecular complexity index is 774. The van der Waals surface area contributed by atoms with E-state index < -0.39 is 0 Å². The number of aryl methyl sites for hydroxylation is 1. The van der Waals surface area contributed by atoms with E-state index in [9.17, 15) is 4.79 Å². The fourth-order valence-electron chi connectivity index (χ4n) is 2.50. The van der Waals surface area contributed by atoms with E-state index in [-0.39, 0.29) is 23.0 Å². The highest BCUT2D eigenvalue weighted by molar-refractivity contribution is 5.89. The van der Waals surface area contributed by atoms with Crippen molar-refractivity contribution in [3.8, 4) is 11.1 Å². The largest absolute Gasteiger partial charge is 1.00 e. The number of carbonyl (C=O) groups is 1. The molecular weight excluding hydrogens is 378 g/mol. The van der Waals surface area contributed by atoms with Crippen LogP contribution in [0.2, 0.25) is 0 Å². The minimum atomic E-state index is -0.264. The topological polar surface area (TPSA) is 30.2 Å². The second-order valence-electron chi connectivity index (χ2n) is 5.55. The van der Waals surface area contributed by atoms with Crippen LogP contribution in [-0.2, 0) is 11.3 Å². The Labute approximate surface area is 158 Å². The molecule has 2 aromatic carbocycles. The Hall–Kier alpha value is -2.46. The van der Waals surface area contributed by atoms with Gasteiger partial charge in [0, 0.05) is 18.6 Å². The van der Waals surface area contributed by atoms with E-state index in [4.69, 9.17) is 4.74 Å². The van der Waals surface area contributed by atoms with E-state index in [0.717, 1.165) is 13.0 Å². The SMILES string of the molecule is O=C(OCCC[n+]1ccc(-c2ccccc2)cc1)c1ccccc1.[Br-]. The van der Waals surface area contributed by atoms with E-state index in [2.05, 4.69) is 41.2 Å². The van der Waals surface area contributed by atoms with E-state index >= 15 is 0 Å². The Morgan fingerprint density at radius 2 is 1.36 bits per heavy atom. The van der Waals surface area contributed by atoms with E-state index in [0.29, 0.717) is 12.2 Å². The highest BCUT2D eigenvalue weighted by Crippen LogP contribution is 2.16. The van der Waals surface area contributed by atoms with Crippen molar-refractivity contribution in [2.24, 2.45) is 0 Å². The number of esters is 1. The summed E-state index contributed by atoms with van der Waals surface area (Å²) in [5.41, 5.74) is 3.00. The fraction of sp³-hybridized carbons (Fsp3) is 0.143. The molecule has 128 valence electrons. The summed E-state index contributed by atoms with van der Waals surface area (Å²) in [6.07, 6.45) is 4.90. The molecule has 3 rings (SSSR count). The molecule has 0 saturated carbocycles. The Balaban J connectivity index is 0.00000225. The van der Waals surface area contributed by atoms with Gasteiger partial charge < -0.3 is 21.7 Å². The first-order chi connectivity index (χ1) is 11.8. The van der Waals surface area contributed by atoms with Gasteiger partial charge >= 0.3 is 5.97 Å². The summed E-state index contributed by atoms with van der Waals surface area (Å²) in [5.74, 6) is -0.264. The van der Waals surface area contributed by atoms with Crippen molar-refractivity contribution in [2.75, 3.05) is 6.61 Å². The lowest BCUT2D eigenvalue weighted by molar-refractivity contribution is -0.697. The molecule has 0 aliphatic heterocycles. The van der Waals surface area contributed by atoms with Crippen molar-refractivity contribution < 1.29 is 31.1 Å². The number of pyridine rings is 1. The fourth-order valence-corrected chi connectivity index (χ4v) is 2.50. The third kappa shape index (κ3) is 5.54. The third-order valence-electron chi connectivity index (χ3n) is 3.80.